The molecule has 1 rings (SSSR count). The molecule has 0 N–H and O–H groups in total. The molecule has 0 atom stereocenters. The zero-order chi connectivity index (χ0) is 10.6. The molecule has 0 radical (unpaired) electrons. The van der Waals surface area contributed by atoms with Gasteiger partial charge >= 0.3 is 0 Å². The summed E-state index contributed by atoms with van der Waals surface area (Å²) in [5, 5.41) is 0.565. The van der Waals surface area contributed by atoms with E-state index in [0.717, 1.165) is 30.8 Å². The Bertz CT molecular complexity index is 297. The first-order valence-corrected chi connectivity index (χ1v) is 5.54. The van der Waals surface area contributed by atoms with Crippen LogP contribution in [0, 0.1) is 0 Å². The molecule has 0 aliphatic heterocycles. The molecule has 0 fully saturated rings. The van der Waals surface area contributed by atoms with E-state index in [4.69, 9.17) is 11.6 Å². The van der Waals surface area contributed by atoms with Crippen LogP contribution in [0.4, 0.5) is 0 Å². The van der Waals surface area contributed by atoms with Crippen molar-refractivity contribution >= 4 is 11.6 Å². The monoisotopic (exact) mass is 212 g/mol. The van der Waals surface area contributed by atoms with Crippen LogP contribution in [0.5, 0.6) is 0 Å². The van der Waals surface area contributed by atoms with Crippen molar-refractivity contribution in [1.29, 1.82) is 0 Å². The average molecular weight is 213 g/mol. The van der Waals surface area contributed by atoms with E-state index >= 15 is 0 Å². The second-order valence-electron chi connectivity index (χ2n) is 3.79. The SMILES string of the molecule is CCCCc1nc(Cl)cc(C(C)C)n1. The predicted octanol–water partition coefficient (Wildman–Crippen LogP) is 3.60. The van der Waals surface area contributed by atoms with Gasteiger partial charge in [-0.25, -0.2) is 9.97 Å². The molecule has 0 aliphatic rings. The summed E-state index contributed by atoms with van der Waals surface area (Å²) >= 11 is 5.92. The van der Waals surface area contributed by atoms with Gasteiger partial charge in [0.2, 0.25) is 0 Å². The largest absolute Gasteiger partial charge is 0.238 e. The minimum Gasteiger partial charge on any atom is -0.238 e. The molecule has 3 heteroatoms. The first-order chi connectivity index (χ1) is 6.63. The fourth-order valence-corrected chi connectivity index (χ4v) is 1.44. The topological polar surface area (TPSA) is 25.8 Å². The third-order valence-corrected chi connectivity index (χ3v) is 2.30. The molecule has 0 aliphatic carbocycles. The smallest absolute Gasteiger partial charge is 0.133 e. The fraction of sp³-hybridized carbons (Fsp3) is 0.636. The van der Waals surface area contributed by atoms with Crippen LogP contribution in [0.15, 0.2) is 6.07 Å². The van der Waals surface area contributed by atoms with Crippen LogP contribution >= 0.6 is 11.6 Å². The predicted molar refractivity (Wildman–Crippen MR) is 59.7 cm³/mol. The lowest BCUT2D eigenvalue weighted by atomic mass is 10.1. The second-order valence-corrected chi connectivity index (χ2v) is 4.18. The molecule has 0 unspecified atom stereocenters. The van der Waals surface area contributed by atoms with Crippen molar-refractivity contribution in [3.8, 4) is 0 Å². The first kappa shape index (κ1) is 11.4. The van der Waals surface area contributed by atoms with Crippen LogP contribution in [0.3, 0.4) is 0 Å². The van der Waals surface area contributed by atoms with Crippen LogP contribution < -0.4 is 0 Å². The number of aromatic nitrogens is 2. The lowest BCUT2D eigenvalue weighted by Crippen LogP contribution is -2.01. The molecule has 0 saturated carbocycles. The zero-order valence-corrected chi connectivity index (χ0v) is 9.80. The van der Waals surface area contributed by atoms with Crippen LogP contribution in [0.1, 0.15) is 51.0 Å². The maximum atomic E-state index is 5.92. The lowest BCUT2D eigenvalue weighted by Gasteiger charge is -2.07. The summed E-state index contributed by atoms with van der Waals surface area (Å²) in [5.74, 6) is 1.29. The van der Waals surface area contributed by atoms with Gasteiger partial charge < -0.3 is 0 Å². The van der Waals surface area contributed by atoms with Crippen LogP contribution in [-0.4, -0.2) is 9.97 Å². The van der Waals surface area contributed by atoms with Crippen molar-refractivity contribution in [2.75, 3.05) is 0 Å². The molecule has 78 valence electrons. The van der Waals surface area contributed by atoms with Crippen molar-refractivity contribution < 1.29 is 0 Å². The summed E-state index contributed by atoms with van der Waals surface area (Å²) in [6.07, 6.45) is 3.21. The highest BCUT2D eigenvalue weighted by Gasteiger charge is 2.05. The standard InChI is InChI=1S/C11H17ClN2/c1-4-5-6-11-13-9(8(2)3)7-10(12)14-11/h7-8H,4-6H2,1-3H3. The summed E-state index contributed by atoms with van der Waals surface area (Å²) in [4.78, 5) is 8.68. The zero-order valence-electron chi connectivity index (χ0n) is 9.05. The average Bonchev–Trinajstić information content (AvgIpc) is 2.14. The van der Waals surface area contributed by atoms with Crippen molar-refractivity contribution in [2.45, 2.75) is 46.0 Å². The maximum Gasteiger partial charge on any atom is 0.133 e. The Morgan fingerprint density at radius 1 is 1.36 bits per heavy atom. The van der Waals surface area contributed by atoms with Crippen molar-refractivity contribution in [2.24, 2.45) is 0 Å². The van der Waals surface area contributed by atoms with Gasteiger partial charge in [-0.05, 0) is 18.4 Å². The van der Waals surface area contributed by atoms with Crippen LogP contribution in [-0.2, 0) is 6.42 Å². The summed E-state index contributed by atoms with van der Waals surface area (Å²) in [5.41, 5.74) is 1.04. The molecule has 14 heavy (non-hydrogen) atoms. The minimum absolute atomic E-state index is 0.413. The van der Waals surface area contributed by atoms with Gasteiger partial charge in [0, 0.05) is 12.1 Å². The summed E-state index contributed by atoms with van der Waals surface area (Å²) in [6.45, 7) is 6.39. The highest BCUT2D eigenvalue weighted by atomic mass is 35.5. The number of hydrogen-bond donors (Lipinski definition) is 0. The number of hydrogen-bond acceptors (Lipinski definition) is 2. The van der Waals surface area contributed by atoms with E-state index in [2.05, 4.69) is 30.7 Å². The number of nitrogens with zero attached hydrogens (tertiary/aromatic N) is 2. The van der Waals surface area contributed by atoms with Crippen molar-refractivity contribution in [3.05, 3.63) is 22.7 Å². The Labute approximate surface area is 90.7 Å². The Morgan fingerprint density at radius 2 is 2.07 bits per heavy atom. The maximum absolute atomic E-state index is 5.92. The summed E-state index contributed by atoms with van der Waals surface area (Å²) in [6, 6.07) is 1.85. The van der Waals surface area contributed by atoms with E-state index in [9.17, 15) is 0 Å². The quantitative estimate of drug-likeness (QED) is 0.713. The van der Waals surface area contributed by atoms with Crippen LogP contribution in [0.25, 0.3) is 0 Å². The normalized spacial score (nSPS) is 10.9. The molecule has 0 aromatic carbocycles. The molecule has 1 heterocycles. The Balaban J connectivity index is 2.84. The Hall–Kier alpha value is -0.630. The van der Waals surface area contributed by atoms with E-state index in [1.165, 1.54) is 0 Å². The van der Waals surface area contributed by atoms with Gasteiger partial charge in [0.1, 0.15) is 11.0 Å². The van der Waals surface area contributed by atoms with E-state index in [-0.39, 0.29) is 0 Å². The Kier molecular flexibility index (Phi) is 4.33. The van der Waals surface area contributed by atoms with Crippen LogP contribution in [0.2, 0.25) is 5.15 Å². The molecular weight excluding hydrogens is 196 g/mol. The molecule has 0 amide bonds. The number of aryl methyl sites for hydroxylation is 1. The highest BCUT2D eigenvalue weighted by Crippen LogP contribution is 2.16. The second kappa shape index (κ2) is 5.30. The van der Waals surface area contributed by atoms with Gasteiger partial charge in [-0.1, -0.05) is 38.8 Å². The lowest BCUT2D eigenvalue weighted by molar-refractivity contribution is 0.726. The highest BCUT2D eigenvalue weighted by molar-refractivity contribution is 6.29. The van der Waals surface area contributed by atoms with E-state index in [1.807, 2.05) is 6.07 Å². The third kappa shape index (κ3) is 3.26. The van der Waals surface area contributed by atoms with Gasteiger partial charge in [-0.3, -0.25) is 0 Å². The summed E-state index contributed by atoms with van der Waals surface area (Å²) < 4.78 is 0. The molecular formula is C11H17ClN2. The molecule has 1 aromatic heterocycles. The minimum atomic E-state index is 0.413. The van der Waals surface area contributed by atoms with Gasteiger partial charge in [-0.2, -0.15) is 0 Å². The van der Waals surface area contributed by atoms with Crippen molar-refractivity contribution in [1.82, 2.24) is 9.97 Å². The molecule has 2 nitrogen and oxygen atoms in total. The van der Waals surface area contributed by atoms with E-state index < -0.39 is 0 Å². The molecule has 0 saturated heterocycles. The fourth-order valence-electron chi connectivity index (χ4n) is 1.23. The Morgan fingerprint density at radius 3 is 2.64 bits per heavy atom. The van der Waals surface area contributed by atoms with Gasteiger partial charge in [0.25, 0.3) is 0 Å². The molecule has 0 spiro atoms. The summed E-state index contributed by atoms with van der Waals surface area (Å²) in [7, 11) is 0. The third-order valence-electron chi connectivity index (χ3n) is 2.11. The van der Waals surface area contributed by atoms with Gasteiger partial charge in [-0.15, -0.1) is 0 Å². The number of unbranched alkanes of at least 4 members (excludes halogenated alkanes) is 1. The van der Waals surface area contributed by atoms with Crippen molar-refractivity contribution in [3.63, 3.8) is 0 Å². The number of rotatable bonds is 4. The first-order valence-electron chi connectivity index (χ1n) is 5.16. The van der Waals surface area contributed by atoms with E-state index in [0.29, 0.717) is 11.1 Å². The molecule has 1 aromatic rings. The van der Waals surface area contributed by atoms with E-state index in [1.54, 1.807) is 0 Å². The molecule has 0 bridgehead atoms. The van der Waals surface area contributed by atoms with Gasteiger partial charge in [0.15, 0.2) is 0 Å². The van der Waals surface area contributed by atoms with Gasteiger partial charge in [0.05, 0.1) is 0 Å². The number of halogens is 1.